The van der Waals surface area contributed by atoms with Gasteiger partial charge in [0.25, 0.3) is 5.91 Å². The number of hydrogen-bond donors (Lipinski definition) is 3. The van der Waals surface area contributed by atoms with E-state index in [1.165, 1.54) is 18.5 Å². The summed E-state index contributed by atoms with van der Waals surface area (Å²) in [7, 11) is 0. The maximum atomic E-state index is 12.0. The van der Waals surface area contributed by atoms with Crippen LogP contribution in [0.4, 0.5) is 0 Å². The van der Waals surface area contributed by atoms with Crippen molar-refractivity contribution < 1.29 is 15.0 Å². The average Bonchev–Trinajstić information content (AvgIpc) is 2.45. The van der Waals surface area contributed by atoms with Crippen LogP contribution in [0.15, 0.2) is 48.8 Å². The van der Waals surface area contributed by atoms with Gasteiger partial charge in [-0.1, -0.05) is 30.3 Å². The molecule has 5 heteroatoms. The summed E-state index contributed by atoms with van der Waals surface area (Å²) in [5, 5.41) is 21.3. The smallest absolute Gasteiger partial charge is 0.253 e. The summed E-state index contributed by atoms with van der Waals surface area (Å²) in [6.45, 7) is -0.206. The molecule has 1 aromatic heterocycles. The number of aliphatic hydroxyl groups excluding tert-OH is 1. The van der Waals surface area contributed by atoms with Crippen molar-refractivity contribution in [1.82, 2.24) is 10.3 Å². The first-order chi connectivity index (χ1) is 9.20. The molecule has 0 saturated carbocycles. The van der Waals surface area contributed by atoms with E-state index in [1.54, 1.807) is 0 Å². The number of aromatic hydroxyl groups is 1. The first-order valence-electron chi connectivity index (χ1n) is 5.81. The van der Waals surface area contributed by atoms with E-state index in [0.29, 0.717) is 0 Å². The minimum atomic E-state index is -0.490. The van der Waals surface area contributed by atoms with E-state index in [-0.39, 0.29) is 17.9 Å². The van der Waals surface area contributed by atoms with E-state index in [0.717, 1.165) is 5.56 Å². The van der Waals surface area contributed by atoms with Gasteiger partial charge in [-0.25, -0.2) is 0 Å². The van der Waals surface area contributed by atoms with Gasteiger partial charge in [-0.3, -0.25) is 9.78 Å². The van der Waals surface area contributed by atoms with Crippen molar-refractivity contribution in [1.29, 1.82) is 0 Å². The molecule has 0 aliphatic rings. The second kappa shape index (κ2) is 5.97. The van der Waals surface area contributed by atoms with Crippen LogP contribution >= 0.6 is 0 Å². The maximum absolute atomic E-state index is 12.0. The highest BCUT2D eigenvalue weighted by atomic mass is 16.3. The zero-order chi connectivity index (χ0) is 13.7. The number of nitrogens with zero attached hydrogens (tertiary/aromatic N) is 1. The Morgan fingerprint density at radius 2 is 2.00 bits per heavy atom. The van der Waals surface area contributed by atoms with E-state index < -0.39 is 11.9 Å². The first-order valence-corrected chi connectivity index (χ1v) is 5.81. The van der Waals surface area contributed by atoms with E-state index in [1.807, 2.05) is 30.3 Å². The molecule has 0 aliphatic carbocycles. The molecule has 0 bridgehead atoms. The molecule has 0 aliphatic heterocycles. The monoisotopic (exact) mass is 258 g/mol. The van der Waals surface area contributed by atoms with Crippen LogP contribution in [0.25, 0.3) is 0 Å². The fourth-order valence-electron chi connectivity index (χ4n) is 1.71. The summed E-state index contributed by atoms with van der Waals surface area (Å²) in [6.07, 6.45) is 2.60. The van der Waals surface area contributed by atoms with Crippen molar-refractivity contribution in [2.24, 2.45) is 0 Å². The molecule has 0 radical (unpaired) electrons. The molecule has 1 aromatic carbocycles. The highest BCUT2D eigenvalue weighted by molar-refractivity contribution is 5.94. The Bertz CT molecular complexity index is 558. The van der Waals surface area contributed by atoms with Gasteiger partial charge in [0.15, 0.2) is 0 Å². The SMILES string of the molecule is O=C(N[C@@H](CO)c1ccccc1)c1cncc(O)c1. The van der Waals surface area contributed by atoms with Crippen LogP contribution in [0.2, 0.25) is 0 Å². The molecule has 1 atom stereocenters. The van der Waals surface area contributed by atoms with E-state index in [4.69, 9.17) is 0 Å². The standard InChI is InChI=1S/C14H14N2O3/c17-9-13(10-4-2-1-3-5-10)16-14(19)11-6-12(18)8-15-7-11/h1-8,13,17-18H,9H2,(H,16,19)/t13-/m0/s1. The van der Waals surface area contributed by atoms with E-state index in [9.17, 15) is 15.0 Å². The number of amides is 1. The van der Waals surface area contributed by atoms with Crippen molar-refractivity contribution in [3.63, 3.8) is 0 Å². The normalized spacial score (nSPS) is 11.8. The number of carbonyl (C=O) groups is 1. The number of hydrogen-bond acceptors (Lipinski definition) is 4. The lowest BCUT2D eigenvalue weighted by Crippen LogP contribution is -2.30. The van der Waals surface area contributed by atoms with Gasteiger partial charge in [0, 0.05) is 6.20 Å². The molecule has 19 heavy (non-hydrogen) atoms. The predicted octanol–water partition coefficient (Wildman–Crippen LogP) is 1.25. The molecule has 0 saturated heterocycles. The van der Waals surface area contributed by atoms with Crippen LogP contribution in [0.1, 0.15) is 22.0 Å². The number of benzene rings is 1. The lowest BCUT2D eigenvalue weighted by atomic mass is 10.1. The minimum Gasteiger partial charge on any atom is -0.506 e. The van der Waals surface area contributed by atoms with Crippen LogP contribution in [0, 0.1) is 0 Å². The number of carbonyl (C=O) groups excluding carboxylic acids is 1. The Morgan fingerprint density at radius 3 is 2.63 bits per heavy atom. The molecule has 0 fully saturated rings. The largest absolute Gasteiger partial charge is 0.506 e. The molecule has 3 N–H and O–H groups in total. The van der Waals surface area contributed by atoms with Crippen LogP contribution in [-0.4, -0.2) is 27.7 Å². The Morgan fingerprint density at radius 1 is 1.26 bits per heavy atom. The third kappa shape index (κ3) is 3.29. The van der Waals surface area contributed by atoms with E-state index >= 15 is 0 Å². The topological polar surface area (TPSA) is 82.5 Å². The summed E-state index contributed by atoms with van der Waals surface area (Å²) in [5.41, 5.74) is 1.06. The highest BCUT2D eigenvalue weighted by Gasteiger charge is 2.15. The Labute approximate surface area is 110 Å². The van der Waals surface area contributed by atoms with Gasteiger partial charge >= 0.3 is 0 Å². The van der Waals surface area contributed by atoms with Gasteiger partial charge in [-0.05, 0) is 11.6 Å². The van der Waals surface area contributed by atoms with Crippen molar-refractivity contribution in [2.45, 2.75) is 6.04 Å². The highest BCUT2D eigenvalue weighted by Crippen LogP contribution is 2.14. The second-order valence-corrected chi connectivity index (χ2v) is 4.05. The number of aliphatic hydroxyl groups is 1. The molecule has 1 amide bonds. The van der Waals surface area contributed by atoms with Gasteiger partial charge in [-0.15, -0.1) is 0 Å². The molecule has 1 heterocycles. The van der Waals surface area contributed by atoms with Gasteiger partial charge in [0.1, 0.15) is 5.75 Å². The predicted molar refractivity (Wildman–Crippen MR) is 69.6 cm³/mol. The molecule has 2 rings (SSSR count). The number of pyridine rings is 1. The minimum absolute atomic E-state index is 0.0760. The van der Waals surface area contributed by atoms with Crippen LogP contribution in [0.5, 0.6) is 5.75 Å². The van der Waals surface area contributed by atoms with Crippen molar-refractivity contribution in [2.75, 3.05) is 6.61 Å². The van der Waals surface area contributed by atoms with Crippen LogP contribution < -0.4 is 5.32 Å². The summed E-state index contributed by atoms with van der Waals surface area (Å²) in [5.74, 6) is -0.473. The number of aromatic nitrogens is 1. The van der Waals surface area contributed by atoms with Gasteiger partial charge in [0.05, 0.1) is 24.4 Å². The zero-order valence-electron chi connectivity index (χ0n) is 10.2. The number of rotatable bonds is 4. The molecular weight excluding hydrogens is 244 g/mol. The van der Waals surface area contributed by atoms with Crippen molar-refractivity contribution >= 4 is 5.91 Å². The lowest BCUT2D eigenvalue weighted by molar-refractivity contribution is 0.0915. The number of nitrogens with one attached hydrogen (secondary N) is 1. The third-order valence-electron chi connectivity index (χ3n) is 2.68. The fourth-order valence-corrected chi connectivity index (χ4v) is 1.71. The molecule has 5 nitrogen and oxygen atoms in total. The summed E-state index contributed by atoms with van der Waals surface area (Å²) >= 11 is 0. The molecule has 2 aromatic rings. The molecule has 98 valence electrons. The first kappa shape index (κ1) is 13.0. The average molecular weight is 258 g/mol. The van der Waals surface area contributed by atoms with Gasteiger partial charge < -0.3 is 15.5 Å². The molecule has 0 unspecified atom stereocenters. The van der Waals surface area contributed by atoms with Gasteiger partial charge in [0.2, 0.25) is 0 Å². The lowest BCUT2D eigenvalue weighted by Gasteiger charge is -2.16. The van der Waals surface area contributed by atoms with E-state index in [2.05, 4.69) is 10.3 Å². The Balaban J connectivity index is 2.13. The second-order valence-electron chi connectivity index (χ2n) is 4.05. The summed E-state index contributed by atoms with van der Waals surface area (Å²) in [6, 6.07) is 10.0. The Kier molecular flexibility index (Phi) is 4.10. The zero-order valence-corrected chi connectivity index (χ0v) is 10.2. The molecular formula is C14H14N2O3. The summed E-state index contributed by atoms with van der Waals surface area (Å²) in [4.78, 5) is 15.7. The van der Waals surface area contributed by atoms with Gasteiger partial charge in [-0.2, -0.15) is 0 Å². The van der Waals surface area contributed by atoms with Crippen molar-refractivity contribution in [3.8, 4) is 5.75 Å². The van der Waals surface area contributed by atoms with Crippen LogP contribution in [0.3, 0.4) is 0 Å². The summed E-state index contributed by atoms with van der Waals surface area (Å²) < 4.78 is 0. The van der Waals surface area contributed by atoms with Crippen molar-refractivity contribution in [3.05, 3.63) is 59.9 Å². The fraction of sp³-hybridized carbons (Fsp3) is 0.143. The van der Waals surface area contributed by atoms with Crippen LogP contribution in [-0.2, 0) is 0 Å². The molecule has 0 spiro atoms. The third-order valence-corrected chi connectivity index (χ3v) is 2.68. The Hall–Kier alpha value is -2.40. The maximum Gasteiger partial charge on any atom is 0.253 e. The quantitative estimate of drug-likeness (QED) is 0.770.